The molecule has 106 valence electrons. The molecule has 2 rings (SSSR count). The van der Waals surface area contributed by atoms with Gasteiger partial charge in [0, 0.05) is 18.7 Å². The minimum atomic E-state index is -1.61. The minimum absolute atomic E-state index is 0.0998. The average molecular weight is 279 g/mol. The van der Waals surface area contributed by atoms with Gasteiger partial charge in [-0.25, -0.2) is 8.78 Å². The van der Waals surface area contributed by atoms with Crippen LogP contribution in [0.4, 0.5) is 17.6 Å². The van der Waals surface area contributed by atoms with E-state index in [-0.39, 0.29) is 12.6 Å². The number of hydrogen-bond acceptors (Lipinski definition) is 3. The molecule has 0 saturated heterocycles. The van der Waals surface area contributed by atoms with Crippen LogP contribution in [-0.4, -0.2) is 30.4 Å². The van der Waals surface area contributed by atoms with Crippen molar-refractivity contribution < 1.29 is 27.4 Å². The van der Waals surface area contributed by atoms with E-state index in [9.17, 15) is 22.7 Å². The predicted octanol–water partition coefficient (Wildman–Crippen LogP) is 1.73. The second-order valence-corrected chi connectivity index (χ2v) is 4.44. The molecule has 1 aromatic rings. The molecule has 0 bridgehead atoms. The molecule has 0 aromatic heterocycles. The zero-order valence-corrected chi connectivity index (χ0v) is 9.93. The van der Waals surface area contributed by atoms with Gasteiger partial charge in [-0.2, -0.15) is 8.78 Å². The first kappa shape index (κ1) is 14.1. The Kier molecular flexibility index (Phi) is 4.26. The van der Waals surface area contributed by atoms with Crippen LogP contribution in [-0.2, 0) is 0 Å². The fourth-order valence-electron chi connectivity index (χ4n) is 1.51. The Labute approximate surface area is 107 Å². The van der Waals surface area contributed by atoms with Gasteiger partial charge in [0.25, 0.3) is 0 Å². The number of hydrogen-bond donors (Lipinski definition) is 2. The molecule has 1 aliphatic carbocycles. The van der Waals surface area contributed by atoms with Gasteiger partial charge in [0.05, 0.1) is 0 Å². The lowest BCUT2D eigenvalue weighted by Crippen LogP contribution is -2.32. The highest BCUT2D eigenvalue weighted by Crippen LogP contribution is 2.26. The summed E-state index contributed by atoms with van der Waals surface area (Å²) in [6.45, 7) is -0.276. The zero-order valence-electron chi connectivity index (χ0n) is 9.93. The van der Waals surface area contributed by atoms with Crippen LogP contribution in [0, 0.1) is 23.3 Å². The van der Waals surface area contributed by atoms with Gasteiger partial charge >= 0.3 is 0 Å². The molecule has 7 heteroatoms. The third-order valence-corrected chi connectivity index (χ3v) is 2.71. The summed E-state index contributed by atoms with van der Waals surface area (Å²) in [5.74, 6) is -7.45. The second-order valence-electron chi connectivity index (χ2n) is 4.44. The summed E-state index contributed by atoms with van der Waals surface area (Å²) in [6.07, 6.45) is 1.02. The van der Waals surface area contributed by atoms with E-state index in [0.717, 1.165) is 12.8 Å². The van der Waals surface area contributed by atoms with Gasteiger partial charge in [-0.3, -0.25) is 0 Å². The van der Waals surface area contributed by atoms with E-state index in [2.05, 4.69) is 10.1 Å². The summed E-state index contributed by atoms with van der Waals surface area (Å²) < 4.78 is 56.8. The van der Waals surface area contributed by atoms with Gasteiger partial charge in [0.15, 0.2) is 17.4 Å². The smallest absolute Gasteiger partial charge is 0.203 e. The number of rotatable bonds is 6. The third kappa shape index (κ3) is 3.57. The summed E-state index contributed by atoms with van der Waals surface area (Å²) in [4.78, 5) is 0. The molecule has 0 aliphatic heterocycles. The quantitative estimate of drug-likeness (QED) is 0.615. The average Bonchev–Trinajstić information content (AvgIpc) is 3.18. The molecule has 1 aliphatic rings. The summed E-state index contributed by atoms with van der Waals surface area (Å²) in [6, 6.07) is 0.456. The van der Waals surface area contributed by atoms with Crippen molar-refractivity contribution >= 4 is 0 Å². The highest BCUT2D eigenvalue weighted by molar-refractivity contribution is 5.28. The Morgan fingerprint density at radius 2 is 1.79 bits per heavy atom. The zero-order chi connectivity index (χ0) is 14.0. The molecule has 19 heavy (non-hydrogen) atoms. The molecular weight excluding hydrogens is 266 g/mol. The third-order valence-electron chi connectivity index (χ3n) is 2.71. The van der Waals surface area contributed by atoms with E-state index >= 15 is 0 Å². The molecule has 0 radical (unpaired) electrons. The molecule has 1 unspecified atom stereocenters. The van der Waals surface area contributed by atoms with Crippen LogP contribution in [0.15, 0.2) is 6.07 Å². The largest absolute Gasteiger partial charge is 0.485 e. The lowest BCUT2D eigenvalue weighted by Gasteiger charge is -2.14. The molecular formula is C12H13F4NO2. The van der Waals surface area contributed by atoms with Crippen LogP contribution in [0.1, 0.15) is 12.8 Å². The minimum Gasteiger partial charge on any atom is -0.485 e. The second kappa shape index (κ2) is 5.75. The van der Waals surface area contributed by atoms with Crippen molar-refractivity contribution in [3.05, 3.63) is 29.3 Å². The maximum Gasteiger partial charge on any atom is 0.203 e. The fourth-order valence-corrected chi connectivity index (χ4v) is 1.51. The van der Waals surface area contributed by atoms with Crippen LogP contribution in [0.3, 0.4) is 0 Å². The molecule has 0 heterocycles. The molecule has 1 fully saturated rings. The van der Waals surface area contributed by atoms with Gasteiger partial charge in [-0.1, -0.05) is 0 Å². The first-order valence-corrected chi connectivity index (χ1v) is 5.86. The van der Waals surface area contributed by atoms with Crippen molar-refractivity contribution in [2.75, 3.05) is 13.2 Å². The van der Waals surface area contributed by atoms with E-state index in [1.54, 1.807) is 0 Å². The van der Waals surface area contributed by atoms with Crippen molar-refractivity contribution in [1.82, 2.24) is 5.32 Å². The first-order chi connectivity index (χ1) is 8.99. The summed E-state index contributed by atoms with van der Waals surface area (Å²) in [5, 5.41) is 12.5. The molecule has 0 spiro atoms. The van der Waals surface area contributed by atoms with Gasteiger partial charge < -0.3 is 15.2 Å². The number of aliphatic hydroxyl groups excluding tert-OH is 1. The van der Waals surface area contributed by atoms with E-state index in [1.165, 1.54) is 0 Å². The van der Waals surface area contributed by atoms with Crippen LogP contribution in [0.2, 0.25) is 0 Å². The standard InChI is InChI=1S/C12H13F4NO2/c13-8-3-9(14)11(16)12(10(8)15)19-5-7(18)4-17-6-1-2-6/h3,6-7,17-18H,1-2,4-5H2. The van der Waals surface area contributed by atoms with Crippen LogP contribution in [0.5, 0.6) is 5.75 Å². The Morgan fingerprint density at radius 1 is 1.21 bits per heavy atom. The summed E-state index contributed by atoms with van der Waals surface area (Å²) in [5.41, 5.74) is 0. The van der Waals surface area contributed by atoms with Crippen molar-refractivity contribution in [3.8, 4) is 5.75 Å². The number of nitrogens with one attached hydrogen (secondary N) is 1. The van der Waals surface area contributed by atoms with E-state index < -0.39 is 41.7 Å². The lowest BCUT2D eigenvalue weighted by atomic mass is 10.3. The Hall–Kier alpha value is -1.34. The molecule has 2 N–H and O–H groups in total. The van der Waals surface area contributed by atoms with E-state index in [0.29, 0.717) is 6.04 Å². The van der Waals surface area contributed by atoms with E-state index in [4.69, 9.17) is 0 Å². The lowest BCUT2D eigenvalue weighted by molar-refractivity contribution is 0.1000. The van der Waals surface area contributed by atoms with Gasteiger partial charge in [-0.05, 0) is 12.8 Å². The Balaban J connectivity index is 1.94. The first-order valence-electron chi connectivity index (χ1n) is 5.86. The normalized spacial score (nSPS) is 16.5. The monoisotopic (exact) mass is 279 g/mol. The number of ether oxygens (including phenoxy) is 1. The maximum atomic E-state index is 13.2. The topological polar surface area (TPSA) is 41.5 Å². The molecule has 1 aromatic carbocycles. The highest BCUT2D eigenvalue weighted by Gasteiger charge is 2.23. The van der Waals surface area contributed by atoms with Crippen molar-refractivity contribution in [2.24, 2.45) is 0 Å². The summed E-state index contributed by atoms with van der Waals surface area (Å²) in [7, 11) is 0. The fraction of sp³-hybridized carbons (Fsp3) is 0.500. The van der Waals surface area contributed by atoms with Crippen molar-refractivity contribution in [2.45, 2.75) is 25.0 Å². The molecule has 1 saturated carbocycles. The Morgan fingerprint density at radius 3 is 2.32 bits per heavy atom. The number of halogens is 4. The predicted molar refractivity (Wildman–Crippen MR) is 58.8 cm³/mol. The Bertz CT molecular complexity index is 439. The SMILES string of the molecule is OC(CNC1CC1)COc1c(F)c(F)cc(F)c1F. The van der Waals surface area contributed by atoms with Gasteiger partial charge in [-0.15, -0.1) is 0 Å². The molecule has 0 amide bonds. The summed E-state index contributed by atoms with van der Waals surface area (Å²) >= 11 is 0. The van der Waals surface area contributed by atoms with Crippen LogP contribution in [0.25, 0.3) is 0 Å². The van der Waals surface area contributed by atoms with Crippen molar-refractivity contribution in [1.29, 1.82) is 0 Å². The van der Waals surface area contributed by atoms with Gasteiger partial charge in [0.1, 0.15) is 12.7 Å². The number of benzene rings is 1. The van der Waals surface area contributed by atoms with Crippen LogP contribution >= 0.6 is 0 Å². The maximum absolute atomic E-state index is 13.2. The van der Waals surface area contributed by atoms with Crippen LogP contribution < -0.4 is 10.1 Å². The van der Waals surface area contributed by atoms with Crippen molar-refractivity contribution in [3.63, 3.8) is 0 Å². The van der Waals surface area contributed by atoms with E-state index in [1.807, 2.05) is 0 Å². The molecule has 3 nitrogen and oxygen atoms in total. The van der Waals surface area contributed by atoms with Gasteiger partial charge in [0.2, 0.25) is 11.6 Å². The highest BCUT2D eigenvalue weighted by atomic mass is 19.2. The number of aliphatic hydroxyl groups is 1. The molecule has 1 atom stereocenters.